The van der Waals surface area contributed by atoms with Gasteiger partial charge in [-0.25, -0.2) is 5.84 Å². The molecule has 0 saturated heterocycles. The van der Waals surface area contributed by atoms with E-state index in [-0.39, 0.29) is 5.91 Å². The maximum Gasteiger partial charge on any atom is 0.262 e. The van der Waals surface area contributed by atoms with Gasteiger partial charge in [-0.2, -0.15) is 0 Å². The zero-order valence-corrected chi connectivity index (χ0v) is 11.9. The Morgan fingerprint density at radius 2 is 1.68 bits per heavy atom. The lowest BCUT2D eigenvalue weighted by Gasteiger charge is -2.15. The lowest BCUT2D eigenvalue weighted by Crippen LogP contribution is -2.40. The average Bonchev–Trinajstić information content (AvgIpc) is 2.43. The van der Waals surface area contributed by atoms with Crippen molar-refractivity contribution in [2.45, 2.75) is 25.9 Å². The minimum absolute atomic E-state index is 0.301. The molecule has 1 atom stereocenters. The maximum atomic E-state index is 11.3. The van der Waals surface area contributed by atoms with Crippen LogP contribution in [0.2, 0.25) is 0 Å². The molecule has 0 radical (unpaired) electrons. The number of hydrogen-bond donors (Lipinski definition) is 2. The molecule has 0 aromatic carbocycles. The van der Waals surface area contributed by atoms with Gasteiger partial charge < -0.3 is 18.9 Å². The summed E-state index contributed by atoms with van der Waals surface area (Å²) in [4.78, 5) is 11.3. The molecule has 1 unspecified atom stereocenters. The molecule has 0 heterocycles. The highest BCUT2D eigenvalue weighted by Crippen LogP contribution is 2.01. The molecule has 0 aliphatic rings. The first-order chi connectivity index (χ1) is 9.26. The summed E-state index contributed by atoms with van der Waals surface area (Å²) in [5.74, 6) is 4.77. The first-order valence-electron chi connectivity index (χ1n) is 6.52. The van der Waals surface area contributed by atoms with Crippen molar-refractivity contribution >= 4 is 5.91 Å². The molecule has 114 valence electrons. The third-order valence-corrected chi connectivity index (χ3v) is 2.34. The van der Waals surface area contributed by atoms with E-state index in [4.69, 9.17) is 24.8 Å². The predicted molar refractivity (Wildman–Crippen MR) is 70.5 cm³/mol. The summed E-state index contributed by atoms with van der Waals surface area (Å²) < 4.78 is 20.8. The topological polar surface area (TPSA) is 92.0 Å². The van der Waals surface area contributed by atoms with Crippen molar-refractivity contribution in [3.63, 3.8) is 0 Å². The van der Waals surface area contributed by atoms with Gasteiger partial charge in [-0.05, 0) is 6.42 Å². The van der Waals surface area contributed by atoms with Crippen LogP contribution in [-0.4, -0.2) is 58.8 Å². The average molecular weight is 278 g/mol. The van der Waals surface area contributed by atoms with E-state index in [0.717, 1.165) is 6.42 Å². The van der Waals surface area contributed by atoms with E-state index in [2.05, 4.69) is 5.43 Å². The van der Waals surface area contributed by atoms with E-state index < -0.39 is 6.10 Å². The molecule has 0 aliphatic carbocycles. The van der Waals surface area contributed by atoms with E-state index >= 15 is 0 Å². The molecule has 0 aromatic heterocycles. The number of nitrogens with one attached hydrogen (secondary N) is 1. The van der Waals surface area contributed by atoms with Gasteiger partial charge in [-0.15, -0.1) is 0 Å². The number of methoxy groups -OCH3 is 1. The van der Waals surface area contributed by atoms with E-state index in [1.165, 1.54) is 0 Å². The molecule has 19 heavy (non-hydrogen) atoms. The number of carbonyl (C=O) groups excluding carboxylic acids is 1. The number of rotatable bonds is 13. The van der Waals surface area contributed by atoms with Gasteiger partial charge in [0, 0.05) is 7.11 Å². The third kappa shape index (κ3) is 10.8. The SMILES string of the molecule is CCCC(OCCOCCOCCOC)C(=O)NN. The fourth-order valence-corrected chi connectivity index (χ4v) is 1.36. The molecular formula is C12H26N2O5. The molecule has 3 N–H and O–H groups in total. The number of hydrogen-bond acceptors (Lipinski definition) is 6. The van der Waals surface area contributed by atoms with Crippen molar-refractivity contribution in [1.29, 1.82) is 0 Å². The van der Waals surface area contributed by atoms with Crippen LogP contribution < -0.4 is 11.3 Å². The van der Waals surface area contributed by atoms with E-state index in [0.29, 0.717) is 46.1 Å². The number of ether oxygens (including phenoxy) is 4. The predicted octanol–water partition coefficient (Wildman–Crippen LogP) is -0.159. The van der Waals surface area contributed by atoms with Gasteiger partial charge in [0.2, 0.25) is 0 Å². The molecule has 0 fully saturated rings. The van der Waals surface area contributed by atoms with Crippen molar-refractivity contribution in [3.05, 3.63) is 0 Å². The van der Waals surface area contributed by atoms with Crippen LogP contribution in [0.1, 0.15) is 19.8 Å². The Kier molecular flexibility index (Phi) is 13.2. The Balaban J connectivity index is 3.42. The van der Waals surface area contributed by atoms with Gasteiger partial charge in [0.15, 0.2) is 0 Å². The molecule has 7 heteroatoms. The van der Waals surface area contributed by atoms with Gasteiger partial charge in [0.1, 0.15) is 6.10 Å². The van der Waals surface area contributed by atoms with E-state index in [9.17, 15) is 4.79 Å². The standard InChI is InChI=1S/C12H26N2O5/c1-3-4-11(12(15)14-13)19-10-9-18-8-7-17-6-5-16-2/h11H,3-10,13H2,1-2H3,(H,14,15). The number of amides is 1. The highest BCUT2D eigenvalue weighted by molar-refractivity contribution is 5.80. The summed E-state index contributed by atoms with van der Waals surface area (Å²) in [6.45, 7) is 4.91. The van der Waals surface area contributed by atoms with Crippen LogP contribution in [-0.2, 0) is 23.7 Å². The summed E-state index contributed by atoms with van der Waals surface area (Å²) in [5, 5.41) is 0. The quantitative estimate of drug-likeness (QED) is 0.210. The molecule has 0 aromatic rings. The highest BCUT2D eigenvalue weighted by Gasteiger charge is 2.16. The van der Waals surface area contributed by atoms with Gasteiger partial charge in [-0.3, -0.25) is 10.2 Å². The summed E-state index contributed by atoms with van der Waals surface area (Å²) in [6, 6.07) is 0. The van der Waals surface area contributed by atoms with Crippen molar-refractivity contribution < 1.29 is 23.7 Å². The Morgan fingerprint density at radius 1 is 1.11 bits per heavy atom. The number of nitrogens with two attached hydrogens (primary N) is 1. The molecule has 0 aliphatic heterocycles. The molecule has 0 saturated carbocycles. The molecule has 0 rings (SSSR count). The van der Waals surface area contributed by atoms with Crippen molar-refractivity contribution in [3.8, 4) is 0 Å². The summed E-state index contributed by atoms with van der Waals surface area (Å²) >= 11 is 0. The largest absolute Gasteiger partial charge is 0.382 e. The zero-order chi connectivity index (χ0) is 14.3. The lowest BCUT2D eigenvalue weighted by molar-refractivity contribution is -0.134. The minimum Gasteiger partial charge on any atom is -0.382 e. The third-order valence-electron chi connectivity index (χ3n) is 2.34. The fourth-order valence-electron chi connectivity index (χ4n) is 1.36. The highest BCUT2D eigenvalue weighted by atomic mass is 16.6. The van der Waals surface area contributed by atoms with Crippen molar-refractivity contribution in [1.82, 2.24) is 5.43 Å². The molecular weight excluding hydrogens is 252 g/mol. The van der Waals surface area contributed by atoms with Crippen LogP contribution in [0.25, 0.3) is 0 Å². The number of carbonyl (C=O) groups is 1. The van der Waals surface area contributed by atoms with Gasteiger partial charge in [0.25, 0.3) is 5.91 Å². The van der Waals surface area contributed by atoms with E-state index in [1.807, 2.05) is 6.92 Å². The molecule has 7 nitrogen and oxygen atoms in total. The molecule has 0 bridgehead atoms. The fraction of sp³-hybridized carbons (Fsp3) is 0.917. The second-order valence-corrected chi connectivity index (χ2v) is 3.87. The molecule has 0 spiro atoms. The normalized spacial score (nSPS) is 12.4. The first kappa shape index (κ1) is 18.3. The molecule has 1 amide bonds. The van der Waals surface area contributed by atoms with Crippen LogP contribution >= 0.6 is 0 Å². The van der Waals surface area contributed by atoms with Gasteiger partial charge in [-0.1, -0.05) is 13.3 Å². The number of hydrazine groups is 1. The smallest absolute Gasteiger partial charge is 0.262 e. The Morgan fingerprint density at radius 3 is 2.21 bits per heavy atom. The monoisotopic (exact) mass is 278 g/mol. The van der Waals surface area contributed by atoms with E-state index in [1.54, 1.807) is 7.11 Å². The first-order valence-corrected chi connectivity index (χ1v) is 6.52. The van der Waals surface area contributed by atoms with Crippen LogP contribution in [0.4, 0.5) is 0 Å². The Labute approximate surface area is 114 Å². The van der Waals surface area contributed by atoms with Crippen molar-refractivity contribution in [2.75, 3.05) is 46.8 Å². The summed E-state index contributed by atoms with van der Waals surface area (Å²) in [6.07, 6.45) is 0.992. The van der Waals surface area contributed by atoms with Crippen LogP contribution in [0.5, 0.6) is 0 Å². The van der Waals surface area contributed by atoms with Gasteiger partial charge in [0.05, 0.1) is 39.6 Å². The van der Waals surface area contributed by atoms with Crippen molar-refractivity contribution in [2.24, 2.45) is 5.84 Å². The Hall–Kier alpha value is -0.730. The Bertz CT molecular complexity index is 216. The zero-order valence-electron chi connectivity index (χ0n) is 11.9. The summed E-state index contributed by atoms with van der Waals surface area (Å²) in [5.41, 5.74) is 2.09. The maximum absolute atomic E-state index is 11.3. The van der Waals surface area contributed by atoms with Crippen LogP contribution in [0.3, 0.4) is 0 Å². The second kappa shape index (κ2) is 13.7. The second-order valence-electron chi connectivity index (χ2n) is 3.87. The van der Waals surface area contributed by atoms with Gasteiger partial charge >= 0.3 is 0 Å². The lowest BCUT2D eigenvalue weighted by atomic mass is 10.2. The minimum atomic E-state index is -0.503. The summed E-state index contributed by atoms with van der Waals surface area (Å²) in [7, 11) is 1.63. The van der Waals surface area contributed by atoms with Crippen LogP contribution in [0, 0.1) is 0 Å². The van der Waals surface area contributed by atoms with Crippen LogP contribution in [0.15, 0.2) is 0 Å².